The van der Waals surface area contributed by atoms with Crippen LogP contribution in [0.3, 0.4) is 0 Å². The minimum Gasteiger partial charge on any atom is -0.349 e. The summed E-state index contributed by atoms with van der Waals surface area (Å²) in [5.41, 5.74) is 8.66. The fourth-order valence-electron chi connectivity index (χ4n) is 2.11. The fraction of sp³-hybridized carbons (Fsp3) is 0.250. The molecule has 1 amide bonds. The predicted octanol–water partition coefficient (Wildman–Crippen LogP) is 1.96. The van der Waals surface area contributed by atoms with Gasteiger partial charge in [-0.25, -0.2) is 0 Å². The first-order valence-electron chi connectivity index (χ1n) is 6.67. The summed E-state index contributed by atoms with van der Waals surface area (Å²) < 4.78 is 0. The zero-order valence-corrected chi connectivity index (χ0v) is 11.5. The first kappa shape index (κ1) is 14.2. The molecule has 0 unspecified atom stereocenters. The number of amides is 1. The molecule has 0 aliphatic heterocycles. The first-order chi connectivity index (χ1) is 9.70. The minimum absolute atomic E-state index is 0.0118. The number of nitrogens with zero attached hydrogens (tertiary/aromatic N) is 1. The maximum atomic E-state index is 12.1. The van der Waals surface area contributed by atoms with E-state index in [1.165, 1.54) is 0 Å². The summed E-state index contributed by atoms with van der Waals surface area (Å²) in [5.74, 6) is -0.0118. The number of nitrogens with one attached hydrogen (secondary N) is 1. The highest BCUT2D eigenvalue weighted by Crippen LogP contribution is 2.12. The molecule has 1 aromatic heterocycles. The SMILES string of the molecule is C[C@H](NC(=O)Cc1ccccc1CN)c1cccnc1. The molecule has 0 aliphatic rings. The summed E-state index contributed by atoms with van der Waals surface area (Å²) in [6.07, 6.45) is 3.83. The fourth-order valence-corrected chi connectivity index (χ4v) is 2.11. The van der Waals surface area contributed by atoms with Crippen LogP contribution in [-0.2, 0) is 17.8 Å². The summed E-state index contributed by atoms with van der Waals surface area (Å²) in [7, 11) is 0. The van der Waals surface area contributed by atoms with Gasteiger partial charge in [-0.3, -0.25) is 9.78 Å². The molecule has 2 aromatic rings. The highest BCUT2D eigenvalue weighted by Gasteiger charge is 2.11. The van der Waals surface area contributed by atoms with Crippen LogP contribution in [0.2, 0.25) is 0 Å². The van der Waals surface area contributed by atoms with Crippen LogP contribution < -0.4 is 11.1 Å². The van der Waals surface area contributed by atoms with Crippen molar-refractivity contribution in [3.8, 4) is 0 Å². The number of nitrogens with two attached hydrogens (primary N) is 1. The molecule has 0 fully saturated rings. The van der Waals surface area contributed by atoms with Gasteiger partial charge < -0.3 is 11.1 Å². The van der Waals surface area contributed by atoms with Gasteiger partial charge in [0, 0.05) is 18.9 Å². The van der Waals surface area contributed by atoms with E-state index in [-0.39, 0.29) is 11.9 Å². The third kappa shape index (κ3) is 3.65. The molecule has 0 radical (unpaired) electrons. The van der Waals surface area contributed by atoms with Crippen molar-refractivity contribution in [1.29, 1.82) is 0 Å². The first-order valence-corrected chi connectivity index (χ1v) is 6.67. The summed E-state index contributed by atoms with van der Waals surface area (Å²) >= 11 is 0. The van der Waals surface area contributed by atoms with Crippen LogP contribution in [-0.4, -0.2) is 10.9 Å². The normalized spacial score (nSPS) is 11.9. The van der Waals surface area contributed by atoms with Crippen LogP contribution in [0.5, 0.6) is 0 Å². The van der Waals surface area contributed by atoms with Crippen LogP contribution in [0.25, 0.3) is 0 Å². The van der Waals surface area contributed by atoms with Gasteiger partial charge in [-0.15, -0.1) is 0 Å². The molecule has 0 saturated heterocycles. The van der Waals surface area contributed by atoms with Gasteiger partial charge in [0.25, 0.3) is 0 Å². The molecule has 1 atom stereocenters. The van der Waals surface area contributed by atoms with Crippen molar-refractivity contribution in [3.63, 3.8) is 0 Å². The molecule has 0 bridgehead atoms. The van der Waals surface area contributed by atoms with E-state index in [1.54, 1.807) is 12.4 Å². The third-order valence-electron chi connectivity index (χ3n) is 3.25. The Labute approximate surface area is 119 Å². The standard InChI is InChI=1S/C16H19N3O/c1-12(15-7-4-8-18-11-15)19-16(20)9-13-5-2-3-6-14(13)10-17/h2-8,11-12H,9-10,17H2,1H3,(H,19,20)/t12-/m0/s1. The van der Waals surface area contributed by atoms with Gasteiger partial charge in [0.1, 0.15) is 0 Å². The Morgan fingerprint density at radius 3 is 2.65 bits per heavy atom. The Hall–Kier alpha value is -2.20. The number of hydrogen-bond donors (Lipinski definition) is 2. The molecule has 4 heteroatoms. The number of hydrogen-bond acceptors (Lipinski definition) is 3. The number of carbonyl (C=O) groups excluding carboxylic acids is 1. The average molecular weight is 269 g/mol. The summed E-state index contributed by atoms with van der Waals surface area (Å²) in [6, 6.07) is 11.5. The molecular weight excluding hydrogens is 250 g/mol. The van der Waals surface area contributed by atoms with Gasteiger partial charge in [-0.05, 0) is 29.7 Å². The van der Waals surface area contributed by atoms with Crippen molar-refractivity contribution < 1.29 is 4.79 Å². The van der Waals surface area contributed by atoms with Gasteiger partial charge in [0.15, 0.2) is 0 Å². The minimum atomic E-state index is -0.0544. The summed E-state index contributed by atoms with van der Waals surface area (Å²) in [5, 5.41) is 2.98. The average Bonchev–Trinajstić information content (AvgIpc) is 2.48. The van der Waals surface area contributed by atoms with Crippen molar-refractivity contribution in [2.24, 2.45) is 5.73 Å². The van der Waals surface area contributed by atoms with Crippen molar-refractivity contribution in [1.82, 2.24) is 10.3 Å². The summed E-state index contributed by atoms with van der Waals surface area (Å²) in [4.78, 5) is 16.1. The Bertz CT molecular complexity index is 569. The number of aromatic nitrogens is 1. The molecule has 0 spiro atoms. The molecular formula is C16H19N3O. The Morgan fingerprint density at radius 1 is 1.25 bits per heavy atom. The lowest BCUT2D eigenvalue weighted by atomic mass is 10.0. The lowest BCUT2D eigenvalue weighted by Gasteiger charge is -2.14. The molecule has 20 heavy (non-hydrogen) atoms. The van der Waals surface area contributed by atoms with Gasteiger partial charge in [-0.2, -0.15) is 0 Å². The van der Waals surface area contributed by atoms with E-state index in [9.17, 15) is 4.79 Å². The Balaban J connectivity index is 1.99. The Morgan fingerprint density at radius 2 is 2.00 bits per heavy atom. The van der Waals surface area contributed by atoms with Crippen LogP contribution in [0, 0.1) is 0 Å². The largest absolute Gasteiger partial charge is 0.349 e. The van der Waals surface area contributed by atoms with E-state index >= 15 is 0 Å². The van der Waals surface area contributed by atoms with Crippen LogP contribution in [0.4, 0.5) is 0 Å². The lowest BCUT2D eigenvalue weighted by Crippen LogP contribution is -2.28. The lowest BCUT2D eigenvalue weighted by molar-refractivity contribution is -0.121. The topological polar surface area (TPSA) is 68.0 Å². The number of carbonyl (C=O) groups is 1. The van der Waals surface area contributed by atoms with E-state index in [4.69, 9.17) is 5.73 Å². The second kappa shape index (κ2) is 6.82. The highest BCUT2D eigenvalue weighted by molar-refractivity contribution is 5.79. The molecule has 4 nitrogen and oxygen atoms in total. The van der Waals surface area contributed by atoms with E-state index in [0.29, 0.717) is 13.0 Å². The van der Waals surface area contributed by atoms with Gasteiger partial charge in [-0.1, -0.05) is 30.3 Å². The number of benzene rings is 1. The van der Waals surface area contributed by atoms with Crippen molar-refractivity contribution in [2.45, 2.75) is 25.9 Å². The summed E-state index contributed by atoms with van der Waals surface area (Å²) in [6.45, 7) is 2.39. The van der Waals surface area contributed by atoms with Crippen molar-refractivity contribution in [2.75, 3.05) is 0 Å². The van der Waals surface area contributed by atoms with Crippen molar-refractivity contribution >= 4 is 5.91 Å². The zero-order chi connectivity index (χ0) is 14.4. The van der Waals surface area contributed by atoms with E-state index < -0.39 is 0 Å². The molecule has 3 N–H and O–H groups in total. The molecule has 0 saturated carbocycles. The highest BCUT2D eigenvalue weighted by atomic mass is 16.1. The van der Waals surface area contributed by atoms with Crippen molar-refractivity contribution in [3.05, 3.63) is 65.5 Å². The van der Waals surface area contributed by atoms with Gasteiger partial charge in [0.2, 0.25) is 5.91 Å². The van der Waals surface area contributed by atoms with E-state index in [0.717, 1.165) is 16.7 Å². The molecule has 1 heterocycles. The Kier molecular flexibility index (Phi) is 4.85. The van der Waals surface area contributed by atoms with Gasteiger partial charge >= 0.3 is 0 Å². The van der Waals surface area contributed by atoms with E-state index in [1.807, 2.05) is 43.3 Å². The van der Waals surface area contributed by atoms with Gasteiger partial charge in [0.05, 0.1) is 12.5 Å². The molecule has 1 aromatic carbocycles. The second-order valence-corrected chi connectivity index (χ2v) is 4.73. The maximum absolute atomic E-state index is 12.1. The molecule has 104 valence electrons. The monoisotopic (exact) mass is 269 g/mol. The second-order valence-electron chi connectivity index (χ2n) is 4.73. The smallest absolute Gasteiger partial charge is 0.224 e. The van der Waals surface area contributed by atoms with E-state index in [2.05, 4.69) is 10.3 Å². The quantitative estimate of drug-likeness (QED) is 0.872. The third-order valence-corrected chi connectivity index (χ3v) is 3.25. The molecule has 0 aliphatic carbocycles. The molecule has 2 rings (SSSR count). The number of rotatable bonds is 5. The number of pyridine rings is 1. The van der Waals surface area contributed by atoms with Crippen LogP contribution in [0.15, 0.2) is 48.8 Å². The van der Waals surface area contributed by atoms with Crippen LogP contribution in [0.1, 0.15) is 29.7 Å². The predicted molar refractivity (Wildman–Crippen MR) is 78.8 cm³/mol. The zero-order valence-electron chi connectivity index (χ0n) is 11.5. The van der Waals surface area contributed by atoms with Crippen LogP contribution >= 0.6 is 0 Å². The maximum Gasteiger partial charge on any atom is 0.224 e.